The number of amides is 1. The Labute approximate surface area is 150 Å². The van der Waals surface area contributed by atoms with Gasteiger partial charge in [-0.15, -0.1) is 0 Å². The summed E-state index contributed by atoms with van der Waals surface area (Å²) in [5, 5.41) is 3.52. The van der Waals surface area contributed by atoms with Crippen molar-refractivity contribution in [2.24, 2.45) is 0 Å². The monoisotopic (exact) mass is 349 g/mol. The van der Waals surface area contributed by atoms with Crippen LogP contribution >= 0.6 is 0 Å². The lowest BCUT2D eigenvalue weighted by Crippen LogP contribution is -2.37. The molecule has 1 saturated heterocycles. The summed E-state index contributed by atoms with van der Waals surface area (Å²) < 4.78 is 5.38. The van der Waals surface area contributed by atoms with E-state index in [9.17, 15) is 9.59 Å². The Bertz CT molecular complexity index is 958. The highest BCUT2D eigenvalue weighted by molar-refractivity contribution is 6.48. The molecule has 6 heteroatoms. The molecule has 1 aromatic heterocycles. The molecule has 2 N–H and O–H groups in total. The van der Waals surface area contributed by atoms with E-state index < -0.39 is 11.7 Å². The number of carbonyl (C=O) groups excluding carboxylic acids is 2. The summed E-state index contributed by atoms with van der Waals surface area (Å²) in [7, 11) is 0. The fourth-order valence-corrected chi connectivity index (χ4v) is 3.22. The van der Waals surface area contributed by atoms with Gasteiger partial charge in [-0.1, -0.05) is 30.3 Å². The van der Waals surface area contributed by atoms with Crippen LogP contribution in [0.15, 0.2) is 54.7 Å². The summed E-state index contributed by atoms with van der Waals surface area (Å²) in [6.45, 7) is 2.81. The summed E-state index contributed by atoms with van der Waals surface area (Å²) in [6.07, 6.45) is 1.58. The molecule has 0 atom stereocenters. The van der Waals surface area contributed by atoms with E-state index in [-0.39, 0.29) is 0 Å². The van der Waals surface area contributed by atoms with Crippen LogP contribution in [0.3, 0.4) is 0 Å². The smallest absolute Gasteiger partial charge is 0.296 e. The number of Topliss-reactive ketones (excluding diaryl/α,β-unsaturated/α-hetero) is 1. The Kier molecular flexibility index (Phi) is 4.41. The van der Waals surface area contributed by atoms with E-state index in [0.717, 1.165) is 29.7 Å². The molecule has 0 aliphatic carbocycles. The molecule has 1 fully saturated rings. The number of anilines is 2. The minimum Gasteiger partial charge on any atom is -0.378 e. The first-order chi connectivity index (χ1) is 12.7. The highest BCUT2D eigenvalue weighted by atomic mass is 16.5. The molecule has 6 nitrogen and oxygen atoms in total. The van der Waals surface area contributed by atoms with E-state index in [1.807, 2.05) is 48.5 Å². The van der Waals surface area contributed by atoms with Gasteiger partial charge in [0, 0.05) is 30.2 Å². The predicted molar refractivity (Wildman–Crippen MR) is 101 cm³/mol. The van der Waals surface area contributed by atoms with E-state index in [4.69, 9.17) is 4.74 Å². The molecule has 1 aliphatic heterocycles. The number of ether oxygens (including phenoxy) is 1. The van der Waals surface area contributed by atoms with Gasteiger partial charge < -0.3 is 19.9 Å². The normalized spacial score (nSPS) is 14.4. The zero-order valence-electron chi connectivity index (χ0n) is 14.2. The predicted octanol–water partition coefficient (Wildman–Crippen LogP) is 2.83. The molecule has 0 radical (unpaired) electrons. The number of H-pyrrole nitrogens is 1. The summed E-state index contributed by atoms with van der Waals surface area (Å²) in [6, 6.07) is 14.9. The largest absolute Gasteiger partial charge is 0.378 e. The van der Waals surface area contributed by atoms with Crippen molar-refractivity contribution in [1.29, 1.82) is 0 Å². The molecule has 0 bridgehead atoms. The second-order valence-electron chi connectivity index (χ2n) is 6.15. The van der Waals surface area contributed by atoms with Gasteiger partial charge in [0.05, 0.1) is 30.2 Å². The third-order valence-corrected chi connectivity index (χ3v) is 4.54. The molecule has 1 aliphatic rings. The van der Waals surface area contributed by atoms with E-state index in [0.29, 0.717) is 24.5 Å². The zero-order chi connectivity index (χ0) is 17.9. The van der Waals surface area contributed by atoms with Crippen LogP contribution in [-0.2, 0) is 9.53 Å². The average molecular weight is 349 g/mol. The Morgan fingerprint density at radius 1 is 1.00 bits per heavy atom. The lowest BCUT2D eigenvalue weighted by Gasteiger charge is -2.30. The lowest BCUT2D eigenvalue weighted by molar-refractivity contribution is -0.112. The van der Waals surface area contributed by atoms with Crippen molar-refractivity contribution in [3.05, 3.63) is 60.3 Å². The zero-order valence-corrected chi connectivity index (χ0v) is 14.2. The molecule has 2 heterocycles. The molecule has 0 spiro atoms. The minimum atomic E-state index is -0.643. The van der Waals surface area contributed by atoms with Crippen molar-refractivity contribution in [2.45, 2.75) is 0 Å². The number of benzene rings is 2. The van der Waals surface area contributed by atoms with Crippen molar-refractivity contribution < 1.29 is 14.3 Å². The standard InChI is InChI=1S/C20H19N3O3/c24-19(15-13-21-16-6-2-1-5-14(15)16)20(25)22-17-7-3-4-8-18(17)23-9-11-26-12-10-23/h1-8,13,21H,9-12H2,(H,22,25). The second kappa shape index (κ2) is 7.01. The Morgan fingerprint density at radius 2 is 1.73 bits per heavy atom. The number of nitrogens with one attached hydrogen (secondary N) is 2. The molecule has 0 unspecified atom stereocenters. The highest BCUT2D eigenvalue weighted by Gasteiger charge is 2.22. The number of aromatic amines is 1. The first-order valence-corrected chi connectivity index (χ1v) is 8.57. The van der Waals surface area contributed by atoms with Gasteiger partial charge in [-0.3, -0.25) is 9.59 Å². The van der Waals surface area contributed by atoms with Crippen LogP contribution in [0.2, 0.25) is 0 Å². The summed E-state index contributed by atoms with van der Waals surface area (Å²) in [4.78, 5) is 30.4. The fourth-order valence-electron chi connectivity index (χ4n) is 3.22. The number of ketones is 1. The van der Waals surface area contributed by atoms with Crippen molar-refractivity contribution in [1.82, 2.24) is 4.98 Å². The maximum absolute atomic E-state index is 12.6. The van der Waals surface area contributed by atoms with Gasteiger partial charge >= 0.3 is 0 Å². The van der Waals surface area contributed by atoms with E-state index in [1.165, 1.54) is 0 Å². The van der Waals surface area contributed by atoms with Crippen molar-refractivity contribution in [3.8, 4) is 0 Å². The Balaban J connectivity index is 1.57. The number of carbonyl (C=O) groups is 2. The van der Waals surface area contributed by atoms with Crippen molar-refractivity contribution in [2.75, 3.05) is 36.5 Å². The SMILES string of the molecule is O=C(Nc1ccccc1N1CCOCC1)C(=O)c1c[nH]c2ccccc12. The van der Waals surface area contributed by atoms with Crippen LogP contribution in [-0.4, -0.2) is 43.0 Å². The van der Waals surface area contributed by atoms with Crippen LogP contribution in [0.1, 0.15) is 10.4 Å². The van der Waals surface area contributed by atoms with Gasteiger partial charge in [0.15, 0.2) is 0 Å². The summed E-state index contributed by atoms with van der Waals surface area (Å²) in [5.74, 6) is -1.20. The number of aromatic nitrogens is 1. The van der Waals surface area contributed by atoms with Crippen molar-refractivity contribution >= 4 is 34.0 Å². The van der Waals surface area contributed by atoms with Gasteiger partial charge in [-0.05, 0) is 18.2 Å². The van der Waals surface area contributed by atoms with Crippen LogP contribution in [0.4, 0.5) is 11.4 Å². The van der Waals surface area contributed by atoms with E-state index in [2.05, 4.69) is 15.2 Å². The number of hydrogen-bond acceptors (Lipinski definition) is 4. The molecule has 3 aromatic rings. The average Bonchev–Trinajstić information content (AvgIpc) is 3.12. The summed E-state index contributed by atoms with van der Waals surface area (Å²) in [5.41, 5.74) is 2.74. The molecule has 26 heavy (non-hydrogen) atoms. The Hall–Kier alpha value is -3.12. The number of fused-ring (bicyclic) bond motifs is 1. The van der Waals surface area contributed by atoms with Gasteiger partial charge in [-0.2, -0.15) is 0 Å². The third kappa shape index (κ3) is 3.07. The van der Waals surface area contributed by atoms with Crippen molar-refractivity contribution in [3.63, 3.8) is 0 Å². The third-order valence-electron chi connectivity index (χ3n) is 4.54. The van der Waals surface area contributed by atoms with Crippen LogP contribution in [0, 0.1) is 0 Å². The number of morpholine rings is 1. The number of nitrogens with zero attached hydrogens (tertiary/aromatic N) is 1. The van der Waals surface area contributed by atoms with Gasteiger partial charge in [0.2, 0.25) is 0 Å². The van der Waals surface area contributed by atoms with Crippen LogP contribution in [0.5, 0.6) is 0 Å². The molecule has 1 amide bonds. The van der Waals surface area contributed by atoms with Crippen LogP contribution in [0.25, 0.3) is 10.9 Å². The lowest BCUT2D eigenvalue weighted by atomic mass is 10.1. The van der Waals surface area contributed by atoms with Gasteiger partial charge in [0.25, 0.3) is 11.7 Å². The molecule has 4 rings (SSSR count). The van der Waals surface area contributed by atoms with E-state index >= 15 is 0 Å². The quantitative estimate of drug-likeness (QED) is 0.561. The fraction of sp³-hybridized carbons (Fsp3) is 0.200. The second-order valence-corrected chi connectivity index (χ2v) is 6.15. The Morgan fingerprint density at radius 3 is 2.58 bits per heavy atom. The van der Waals surface area contributed by atoms with Gasteiger partial charge in [-0.25, -0.2) is 0 Å². The molecule has 0 saturated carbocycles. The maximum Gasteiger partial charge on any atom is 0.296 e. The minimum absolute atomic E-state index is 0.377. The maximum atomic E-state index is 12.6. The summed E-state index contributed by atoms with van der Waals surface area (Å²) >= 11 is 0. The molecular formula is C20H19N3O3. The highest BCUT2D eigenvalue weighted by Crippen LogP contribution is 2.27. The first kappa shape index (κ1) is 16.4. The number of para-hydroxylation sites is 3. The molecular weight excluding hydrogens is 330 g/mol. The van der Waals surface area contributed by atoms with E-state index in [1.54, 1.807) is 6.20 Å². The number of rotatable bonds is 4. The topological polar surface area (TPSA) is 74.4 Å². The molecule has 2 aromatic carbocycles. The van der Waals surface area contributed by atoms with Crippen LogP contribution < -0.4 is 10.2 Å². The van der Waals surface area contributed by atoms with Gasteiger partial charge in [0.1, 0.15) is 0 Å². The number of hydrogen-bond donors (Lipinski definition) is 2. The molecule has 132 valence electrons. The first-order valence-electron chi connectivity index (χ1n) is 8.57.